The minimum atomic E-state index is -0.210. The predicted octanol–water partition coefficient (Wildman–Crippen LogP) is 2.71. The van der Waals surface area contributed by atoms with Gasteiger partial charge in [0.2, 0.25) is 0 Å². The van der Waals surface area contributed by atoms with Crippen molar-refractivity contribution in [3.8, 4) is 0 Å². The van der Waals surface area contributed by atoms with E-state index < -0.39 is 0 Å². The third-order valence-electron chi connectivity index (χ3n) is 2.19. The molecule has 1 heterocycles. The van der Waals surface area contributed by atoms with Crippen molar-refractivity contribution in [2.24, 2.45) is 0 Å². The molecule has 0 radical (unpaired) electrons. The van der Waals surface area contributed by atoms with Crippen LogP contribution < -0.4 is 0 Å². The molecule has 4 heteroatoms. The molecule has 1 aromatic heterocycles. The number of aromatic nitrogens is 1. The second kappa shape index (κ2) is 4.61. The molecule has 3 nitrogen and oxygen atoms in total. The van der Waals surface area contributed by atoms with Crippen molar-refractivity contribution in [2.75, 3.05) is 6.61 Å². The Morgan fingerprint density at radius 2 is 2.31 bits per heavy atom. The van der Waals surface area contributed by atoms with E-state index in [-0.39, 0.29) is 12.4 Å². The molecule has 0 amide bonds. The summed E-state index contributed by atoms with van der Waals surface area (Å²) in [5.74, 6) is -0.210. The third kappa shape index (κ3) is 2.39. The van der Waals surface area contributed by atoms with Crippen molar-refractivity contribution >= 4 is 27.5 Å². The molecule has 0 saturated heterocycles. The minimum absolute atomic E-state index is 0.210. The third-order valence-corrected chi connectivity index (χ3v) is 3.22. The zero-order valence-electron chi connectivity index (χ0n) is 9.32. The van der Waals surface area contributed by atoms with Gasteiger partial charge in [0.25, 0.3) is 0 Å². The Bertz CT molecular complexity index is 519. The Kier molecular flexibility index (Phi) is 3.19. The van der Waals surface area contributed by atoms with Gasteiger partial charge in [-0.05, 0) is 31.5 Å². The fourth-order valence-electron chi connectivity index (χ4n) is 1.50. The van der Waals surface area contributed by atoms with Gasteiger partial charge in [-0.1, -0.05) is 6.07 Å². The van der Waals surface area contributed by atoms with Crippen LogP contribution in [0.5, 0.6) is 0 Å². The number of rotatable bonds is 3. The largest absolute Gasteiger partial charge is 0.466 e. The van der Waals surface area contributed by atoms with Crippen molar-refractivity contribution in [3.05, 3.63) is 28.8 Å². The lowest BCUT2D eigenvalue weighted by Crippen LogP contribution is -2.06. The molecular weight excluding hydrogens is 222 g/mol. The number of esters is 1. The number of benzene rings is 1. The lowest BCUT2D eigenvalue weighted by atomic mass is 10.2. The first-order valence-electron chi connectivity index (χ1n) is 5.20. The van der Waals surface area contributed by atoms with Crippen molar-refractivity contribution in [3.63, 3.8) is 0 Å². The van der Waals surface area contributed by atoms with Gasteiger partial charge < -0.3 is 4.74 Å². The summed E-state index contributed by atoms with van der Waals surface area (Å²) >= 11 is 1.55. The quantitative estimate of drug-likeness (QED) is 0.768. The summed E-state index contributed by atoms with van der Waals surface area (Å²) in [4.78, 5) is 15.7. The van der Waals surface area contributed by atoms with Crippen LogP contribution in [0, 0.1) is 6.92 Å². The molecule has 1 aromatic carbocycles. The molecule has 2 rings (SSSR count). The van der Waals surface area contributed by atoms with E-state index in [2.05, 4.69) is 11.1 Å². The lowest BCUT2D eigenvalue weighted by Gasteiger charge is -1.97. The van der Waals surface area contributed by atoms with Crippen molar-refractivity contribution in [2.45, 2.75) is 20.3 Å². The Morgan fingerprint density at radius 1 is 1.50 bits per heavy atom. The molecule has 0 aliphatic carbocycles. The second-order valence-corrected chi connectivity index (χ2v) is 4.68. The van der Waals surface area contributed by atoms with E-state index in [0.717, 1.165) is 15.2 Å². The van der Waals surface area contributed by atoms with Crippen LogP contribution in [0.4, 0.5) is 0 Å². The molecule has 0 aliphatic rings. The van der Waals surface area contributed by atoms with Crippen LogP contribution in [0.1, 0.15) is 17.5 Å². The van der Waals surface area contributed by atoms with Crippen LogP contribution in [0.2, 0.25) is 0 Å². The number of ether oxygens (including phenoxy) is 1. The Morgan fingerprint density at radius 3 is 3.06 bits per heavy atom. The number of fused-ring (bicyclic) bond motifs is 1. The molecule has 2 aromatic rings. The number of carbonyl (C=O) groups excluding carboxylic acids is 1. The smallest absolute Gasteiger partial charge is 0.312 e. The molecule has 84 valence electrons. The number of hydrogen-bond acceptors (Lipinski definition) is 4. The van der Waals surface area contributed by atoms with Crippen molar-refractivity contribution in [1.82, 2.24) is 4.98 Å². The number of nitrogens with zero attached hydrogens (tertiary/aromatic N) is 1. The van der Waals surface area contributed by atoms with Gasteiger partial charge in [0, 0.05) is 0 Å². The van der Waals surface area contributed by atoms with E-state index in [9.17, 15) is 4.79 Å². The number of hydrogen-bond donors (Lipinski definition) is 0. The summed E-state index contributed by atoms with van der Waals surface area (Å²) < 4.78 is 6.01. The highest BCUT2D eigenvalue weighted by molar-refractivity contribution is 7.18. The topological polar surface area (TPSA) is 39.2 Å². The average molecular weight is 235 g/mol. The van der Waals surface area contributed by atoms with E-state index in [1.54, 1.807) is 18.3 Å². The minimum Gasteiger partial charge on any atom is -0.466 e. The van der Waals surface area contributed by atoms with Gasteiger partial charge in [-0.2, -0.15) is 0 Å². The van der Waals surface area contributed by atoms with Crippen LogP contribution in [0.15, 0.2) is 18.2 Å². The molecule has 0 N–H and O–H groups in total. The molecule has 0 saturated carbocycles. The van der Waals surface area contributed by atoms with Gasteiger partial charge in [0.15, 0.2) is 0 Å². The molecule has 0 unspecified atom stereocenters. The molecule has 0 spiro atoms. The molecule has 0 aliphatic heterocycles. The maximum atomic E-state index is 11.3. The summed E-state index contributed by atoms with van der Waals surface area (Å²) in [6.07, 6.45) is 0.270. The summed E-state index contributed by atoms with van der Waals surface area (Å²) in [6.45, 7) is 4.26. The van der Waals surface area contributed by atoms with Crippen molar-refractivity contribution < 1.29 is 9.53 Å². The number of thiazole rings is 1. The SMILES string of the molecule is CCOC(=O)Cc1nc2cc(C)ccc2s1. The predicted molar refractivity (Wildman–Crippen MR) is 64.7 cm³/mol. The normalized spacial score (nSPS) is 10.6. The molecule has 16 heavy (non-hydrogen) atoms. The molecular formula is C12H13NO2S. The highest BCUT2D eigenvalue weighted by atomic mass is 32.1. The molecule has 0 bridgehead atoms. The van der Waals surface area contributed by atoms with Crippen LogP contribution in [-0.2, 0) is 16.0 Å². The summed E-state index contributed by atoms with van der Waals surface area (Å²) in [6, 6.07) is 6.12. The van der Waals surface area contributed by atoms with Gasteiger partial charge in [-0.15, -0.1) is 11.3 Å². The zero-order valence-corrected chi connectivity index (χ0v) is 10.1. The zero-order chi connectivity index (χ0) is 11.5. The van der Waals surface area contributed by atoms with Gasteiger partial charge in [0.05, 0.1) is 23.2 Å². The standard InChI is InChI=1S/C12H13NO2S/c1-3-15-12(14)7-11-13-9-6-8(2)4-5-10(9)16-11/h4-6H,3,7H2,1-2H3. The van der Waals surface area contributed by atoms with Gasteiger partial charge in [-0.3, -0.25) is 4.79 Å². The first-order valence-corrected chi connectivity index (χ1v) is 6.02. The summed E-state index contributed by atoms with van der Waals surface area (Å²) in [5, 5.41) is 0.819. The van der Waals surface area contributed by atoms with Crippen LogP contribution >= 0.6 is 11.3 Å². The maximum Gasteiger partial charge on any atom is 0.312 e. The first kappa shape index (κ1) is 11.1. The first-order chi connectivity index (χ1) is 7.69. The molecule has 0 atom stereocenters. The number of aryl methyl sites for hydroxylation is 1. The fraction of sp³-hybridized carbons (Fsp3) is 0.333. The lowest BCUT2D eigenvalue weighted by molar-refractivity contribution is -0.142. The van der Waals surface area contributed by atoms with E-state index in [1.807, 2.05) is 19.1 Å². The summed E-state index contributed by atoms with van der Waals surface area (Å²) in [5.41, 5.74) is 2.14. The highest BCUT2D eigenvalue weighted by Gasteiger charge is 2.09. The second-order valence-electron chi connectivity index (χ2n) is 3.56. The highest BCUT2D eigenvalue weighted by Crippen LogP contribution is 2.23. The van der Waals surface area contributed by atoms with Gasteiger partial charge in [-0.25, -0.2) is 4.98 Å². The number of carbonyl (C=O) groups is 1. The monoisotopic (exact) mass is 235 g/mol. The van der Waals surface area contributed by atoms with E-state index in [0.29, 0.717) is 6.61 Å². The van der Waals surface area contributed by atoms with E-state index >= 15 is 0 Å². The van der Waals surface area contributed by atoms with Crippen LogP contribution in [0.3, 0.4) is 0 Å². The Balaban J connectivity index is 2.23. The Labute approximate surface area is 98.1 Å². The van der Waals surface area contributed by atoms with Gasteiger partial charge in [0.1, 0.15) is 5.01 Å². The average Bonchev–Trinajstić information content (AvgIpc) is 2.59. The summed E-state index contributed by atoms with van der Waals surface area (Å²) in [7, 11) is 0. The van der Waals surface area contributed by atoms with Crippen LogP contribution in [-0.4, -0.2) is 17.6 Å². The van der Waals surface area contributed by atoms with Crippen LogP contribution in [0.25, 0.3) is 10.2 Å². The van der Waals surface area contributed by atoms with E-state index in [4.69, 9.17) is 4.74 Å². The molecule has 0 fully saturated rings. The van der Waals surface area contributed by atoms with Crippen molar-refractivity contribution in [1.29, 1.82) is 0 Å². The van der Waals surface area contributed by atoms with E-state index in [1.165, 1.54) is 5.56 Å². The Hall–Kier alpha value is -1.42. The maximum absolute atomic E-state index is 11.3. The van der Waals surface area contributed by atoms with Gasteiger partial charge >= 0.3 is 5.97 Å². The fourth-order valence-corrected chi connectivity index (χ4v) is 2.43.